The topological polar surface area (TPSA) is 79.3 Å². The van der Waals surface area contributed by atoms with Crippen LogP contribution in [0.5, 0.6) is 0 Å². The van der Waals surface area contributed by atoms with Gasteiger partial charge in [0.1, 0.15) is 0 Å². The number of aromatic nitrogens is 1. The van der Waals surface area contributed by atoms with Crippen LogP contribution in [0.1, 0.15) is 5.56 Å². The van der Waals surface area contributed by atoms with Gasteiger partial charge in [-0.15, -0.1) is 0 Å². The molecule has 0 bridgehead atoms. The van der Waals surface area contributed by atoms with Crippen LogP contribution in [-0.4, -0.2) is 18.5 Å². The highest BCUT2D eigenvalue weighted by molar-refractivity contribution is 7.92. The van der Waals surface area contributed by atoms with Gasteiger partial charge in [-0.3, -0.25) is 4.72 Å². The first kappa shape index (κ1) is 15.3. The van der Waals surface area contributed by atoms with E-state index in [1.807, 2.05) is 0 Å². The number of hydrogen-bond donors (Lipinski definition) is 2. The maximum absolute atomic E-state index is 13.4. The van der Waals surface area contributed by atoms with Crippen molar-refractivity contribution in [2.75, 3.05) is 4.72 Å². The monoisotopic (exact) mass is 318 g/mol. The van der Waals surface area contributed by atoms with Crippen LogP contribution in [0, 0.1) is 17.5 Å². The van der Waals surface area contributed by atoms with E-state index in [-0.39, 0.29) is 6.61 Å². The molecule has 2 N–H and O–H groups in total. The average Bonchev–Trinajstić information content (AvgIpc) is 2.48. The minimum absolute atomic E-state index is 0.321. The Morgan fingerprint density at radius 2 is 1.81 bits per heavy atom. The zero-order valence-electron chi connectivity index (χ0n) is 10.3. The quantitative estimate of drug-likeness (QED) is 0.843. The van der Waals surface area contributed by atoms with E-state index in [9.17, 15) is 21.6 Å². The minimum Gasteiger partial charge on any atom is -0.392 e. The summed E-state index contributed by atoms with van der Waals surface area (Å²) in [6.45, 7) is -0.321. The predicted octanol–water partition coefficient (Wildman–Crippen LogP) is 1.79. The van der Waals surface area contributed by atoms with E-state index in [4.69, 9.17) is 5.11 Å². The standard InChI is InChI=1S/C12H9F3N2O3S/c13-8-2-3-9(12(15)11(8)14)17-21(19,20)10-4-1-7(6-18)5-16-10/h1-5,17-18H,6H2. The number of aliphatic hydroxyl groups excluding tert-OH is 1. The number of nitrogens with zero attached hydrogens (tertiary/aromatic N) is 1. The van der Waals surface area contributed by atoms with Crippen molar-refractivity contribution < 1.29 is 26.7 Å². The fourth-order valence-corrected chi connectivity index (χ4v) is 2.46. The summed E-state index contributed by atoms with van der Waals surface area (Å²) < 4.78 is 64.9. The van der Waals surface area contributed by atoms with Crippen LogP contribution in [0.3, 0.4) is 0 Å². The summed E-state index contributed by atoms with van der Waals surface area (Å²) in [7, 11) is -4.26. The van der Waals surface area contributed by atoms with Crippen LogP contribution >= 0.6 is 0 Å². The van der Waals surface area contributed by atoms with E-state index in [2.05, 4.69) is 4.98 Å². The molecule has 0 aliphatic rings. The summed E-state index contributed by atoms with van der Waals surface area (Å²) in [6, 6.07) is 3.75. The maximum atomic E-state index is 13.4. The average molecular weight is 318 g/mol. The van der Waals surface area contributed by atoms with Crippen molar-refractivity contribution in [2.45, 2.75) is 11.6 Å². The maximum Gasteiger partial charge on any atom is 0.279 e. The second kappa shape index (κ2) is 5.70. The SMILES string of the molecule is O=S(=O)(Nc1ccc(F)c(F)c1F)c1ccc(CO)cn1. The highest BCUT2D eigenvalue weighted by Crippen LogP contribution is 2.22. The number of anilines is 1. The Morgan fingerprint density at radius 1 is 1.10 bits per heavy atom. The summed E-state index contributed by atoms with van der Waals surface area (Å²) in [5.74, 6) is -4.86. The predicted molar refractivity (Wildman–Crippen MR) is 67.3 cm³/mol. The molecule has 1 heterocycles. The van der Waals surface area contributed by atoms with Crippen molar-refractivity contribution in [1.82, 2.24) is 4.98 Å². The number of hydrogen-bond acceptors (Lipinski definition) is 4. The Labute approximate surface area is 118 Å². The number of halogens is 3. The lowest BCUT2D eigenvalue weighted by Gasteiger charge is -2.09. The van der Waals surface area contributed by atoms with Crippen molar-refractivity contribution in [3.63, 3.8) is 0 Å². The van der Waals surface area contributed by atoms with E-state index in [1.54, 1.807) is 4.72 Å². The van der Waals surface area contributed by atoms with E-state index in [1.165, 1.54) is 6.07 Å². The van der Waals surface area contributed by atoms with Crippen molar-refractivity contribution in [3.05, 3.63) is 53.5 Å². The van der Waals surface area contributed by atoms with Gasteiger partial charge in [-0.2, -0.15) is 8.42 Å². The van der Waals surface area contributed by atoms with Crippen LogP contribution in [0.2, 0.25) is 0 Å². The van der Waals surface area contributed by atoms with Crippen LogP contribution < -0.4 is 4.72 Å². The third kappa shape index (κ3) is 3.14. The molecule has 5 nitrogen and oxygen atoms in total. The molecule has 112 valence electrons. The van der Waals surface area contributed by atoms with Crippen LogP contribution in [-0.2, 0) is 16.6 Å². The Morgan fingerprint density at radius 3 is 2.38 bits per heavy atom. The first-order valence-corrected chi connectivity index (χ1v) is 7.05. The van der Waals surface area contributed by atoms with Crippen molar-refractivity contribution >= 4 is 15.7 Å². The van der Waals surface area contributed by atoms with Gasteiger partial charge in [0.2, 0.25) is 0 Å². The lowest BCUT2D eigenvalue weighted by Crippen LogP contribution is -2.16. The molecule has 0 saturated heterocycles. The lowest BCUT2D eigenvalue weighted by atomic mass is 10.3. The van der Waals surface area contributed by atoms with E-state index < -0.39 is 38.2 Å². The second-order valence-electron chi connectivity index (χ2n) is 3.99. The minimum atomic E-state index is -4.26. The fraction of sp³-hybridized carbons (Fsp3) is 0.0833. The molecular weight excluding hydrogens is 309 g/mol. The Bertz CT molecular complexity index is 764. The highest BCUT2D eigenvalue weighted by atomic mass is 32.2. The van der Waals surface area contributed by atoms with E-state index in [0.29, 0.717) is 11.6 Å². The van der Waals surface area contributed by atoms with Crippen LogP contribution in [0.15, 0.2) is 35.5 Å². The van der Waals surface area contributed by atoms with Gasteiger partial charge >= 0.3 is 0 Å². The second-order valence-corrected chi connectivity index (χ2v) is 5.62. The number of aliphatic hydroxyl groups is 1. The van der Waals surface area contributed by atoms with E-state index >= 15 is 0 Å². The Kier molecular flexibility index (Phi) is 4.14. The molecule has 1 aromatic heterocycles. The molecule has 0 radical (unpaired) electrons. The lowest BCUT2D eigenvalue weighted by molar-refractivity contribution is 0.281. The van der Waals surface area contributed by atoms with Gasteiger partial charge in [-0.25, -0.2) is 18.2 Å². The van der Waals surface area contributed by atoms with Gasteiger partial charge in [-0.1, -0.05) is 6.07 Å². The van der Waals surface area contributed by atoms with Crippen LogP contribution in [0.25, 0.3) is 0 Å². The number of rotatable bonds is 4. The Hall–Kier alpha value is -2.13. The number of benzene rings is 1. The van der Waals surface area contributed by atoms with Gasteiger partial charge in [0.15, 0.2) is 22.5 Å². The van der Waals surface area contributed by atoms with Gasteiger partial charge in [0.05, 0.1) is 12.3 Å². The fourth-order valence-electron chi connectivity index (χ4n) is 1.47. The number of nitrogens with one attached hydrogen (secondary N) is 1. The smallest absolute Gasteiger partial charge is 0.279 e. The van der Waals surface area contributed by atoms with Crippen LogP contribution in [0.4, 0.5) is 18.9 Å². The Balaban J connectivity index is 2.35. The summed E-state index contributed by atoms with van der Waals surface area (Å²) in [5.41, 5.74) is -0.352. The molecule has 0 saturated carbocycles. The summed E-state index contributed by atoms with van der Waals surface area (Å²) >= 11 is 0. The molecular formula is C12H9F3N2O3S. The van der Waals surface area contributed by atoms with Gasteiger partial charge in [0, 0.05) is 6.20 Å². The molecule has 2 rings (SSSR count). The normalized spacial score (nSPS) is 11.4. The summed E-state index contributed by atoms with van der Waals surface area (Å²) in [6.07, 6.45) is 1.12. The number of sulfonamides is 1. The van der Waals surface area contributed by atoms with Crippen molar-refractivity contribution in [3.8, 4) is 0 Å². The zero-order chi connectivity index (χ0) is 15.6. The third-order valence-corrected chi connectivity index (χ3v) is 3.82. The van der Waals surface area contributed by atoms with Gasteiger partial charge in [0.25, 0.3) is 10.0 Å². The molecule has 9 heteroatoms. The molecule has 0 spiro atoms. The molecule has 0 atom stereocenters. The van der Waals surface area contributed by atoms with Gasteiger partial charge in [-0.05, 0) is 23.8 Å². The van der Waals surface area contributed by atoms with E-state index in [0.717, 1.165) is 18.3 Å². The molecule has 21 heavy (non-hydrogen) atoms. The first-order valence-electron chi connectivity index (χ1n) is 5.57. The van der Waals surface area contributed by atoms with Crippen molar-refractivity contribution in [2.24, 2.45) is 0 Å². The van der Waals surface area contributed by atoms with Gasteiger partial charge < -0.3 is 5.11 Å². The highest BCUT2D eigenvalue weighted by Gasteiger charge is 2.20. The summed E-state index contributed by atoms with van der Waals surface area (Å²) in [5, 5.41) is 8.37. The zero-order valence-corrected chi connectivity index (χ0v) is 11.2. The van der Waals surface area contributed by atoms with Crippen molar-refractivity contribution in [1.29, 1.82) is 0 Å². The first-order chi connectivity index (χ1) is 9.85. The third-order valence-electron chi connectivity index (χ3n) is 2.54. The molecule has 1 aromatic carbocycles. The largest absolute Gasteiger partial charge is 0.392 e. The molecule has 0 unspecified atom stereocenters. The molecule has 0 aliphatic carbocycles. The molecule has 2 aromatic rings. The number of pyridine rings is 1. The molecule has 0 amide bonds. The molecule has 0 fully saturated rings. The molecule has 0 aliphatic heterocycles. The summed E-state index contributed by atoms with van der Waals surface area (Å²) in [4.78, 5) is 3.59.